The molecule has 2 aliphatic heterocycles. The fourth-order valence-corrected chi connectivity index (χ4v) is 3.31. The molecule has 0 aromatic heterocycles. The molecule has 0 aromatic carbocycles. The Bertz CT molecular complexity index is 641. The molecule has 0 spiro atoms. The molecular formula is C19H28N4O5. The fourth-order valence-electron chi connectivity index (χ4n) is 3.31. The number of esters is 1. The summed E-state index contributed by atoms with van der Waals surface area (Å²) in [5, 5.41) is 9.43. The molecule has 2 fully saturated rings. The van der Waals surface area contributed by atoms with Crippen molar-refractivity contribution >= 4 is 18.0 Å². The van der Waals surface area contributed by atoms with Gasteiger partial charge in [-0.3, -0.25) is 9.59 Å². The number of hydrogen-bond acceptors (Lipinski definition) is 7. The van der Waals surface area contributed by atoms with Crippen molar-refractivity contribution in [3.05, 3.63) is 11.8 Å². The molecule has 28 heavy (non-hydrogen) atoms. The van der Waals surface area contributed by atoms with Gasteiger partial charge in [-0.05, 0) is 26.7 Å². The highest BCUT2D eigenvalue weighted by molar-refractivity contribution is 5.97. The lowest BCUT2D eigenvalue weighted by Gasteiger charge is -2.34. The summed E-state index contributed by atoms with van der Waals surface area (Å²) in [5.41, 5.74) is 0.0687. The Morgan fingerprint density at radius 2 is 1.57 bits per heavy atom. The second kappa shape index (κ2) is 10.5. The normalized spacial score (nSPS) is 18.5. The molecule has 0 bridgehead atoms. The minimum atomic E-state index is -0.341. The van der Waals surface area contributed by atoms with Crippen molar-refractivity contribution in [2.75, 3.05) is 52.5 Å². The molecule has 9 heteroatoms. The summed E-state index contributed by atoms with van der Waals surface area (Å²) in [6.07, 6.45) is 2.32. The lowest BCUT2D eigenvalue weighted by molar-refractivity contribution is -0.150. The van der Waals surface area contributed by atoms with Gasteiger partial charge in [-0.2, -0.15) is 5.26 Å². The zero-order valence-corrected chi connectivity index (χ0v) is 16.6. The molecule has 0 aliphatic carbocycles. The first-order valence-corrected chi connectivity index (χ1v) is 9.73. The number of likely N-dealkylation sites (tertiary alicyclic amines) is 1. The molecule has 0 N–H and O–H groups in total. The molecule has 2 saturated heterocycles. The number of hydrogen-bond donors (Lipinski definition) is 0. The summed E-state index contributed by atoms with van der Waals surface area (Å²) < 4.78 is 10.0. The van der Waals surface area contributed by atoms with Crippen LogP contribution in [0.15, 0.2) is 11.8 Å². The molecule has 2 amide bonds. The lowest BCUT2D eigenvalue weighted by Crippen LogP contribution is -2.47. The zero-order valence-electron chi connectivity index (χ0n) is 16.6. The summed E-state index contributed by atoms with van der Waals surface area (Å²) in [6, 6.07) is 1.99. The number of piperidine rings is 1. The molecule has 154 valence electrons. The Labute approximate surface area is 165 Å². The van der Waals surface area contributed by atoms with Crippen molar-refractivity contribution in [2.24, 2.45) is 5.92 Å². The number of carbonyl (C=O) groups excluding carboxylic acids is 3. The van der Waals surface area contributed by atoms with E-state index in [4.69, 9.17) is 9.47 Å². The van der Waals surface area contributed by atoms with Crippen LogP contribution in [0, 0.1) is 17.2 Å². The summed E-state index contributed by atoms with van der Waals surface area (Å²) in [7, 11) is 0. The van der Waals surface area contributed by atoms with Crippen LogP contribution in [0.25, 0.3) is 0 Å². The molecule has 0 unspecified atom stereocenters. The summed E-state index contributed by atoms with van der Waals surface area (Å²) in [4.78, 5) is 41.3. The average Bonchev–Trinajstić information content (AvgIpc) is 2.72. The number of rotatable bonds is 5. The second-order valence-corrected chi connectivity index (χ2v) is 6.70. The molecule has 0 radical (unpaired) electrons. The SMILES string of the molecule is CCOC(=O)C1CCN(C(=O)/C(C#N)=C\N2CCN(C(=O)OCC)CC2)CC1. The fraction of sp³-hybridized carbons (Fsp3) is 0.684. The monoisotopic (exact) mass is 392 g/mol. The van der Waals surface area contributed by atoms with E-state index in [1.54, 1.807) is 29.8 Å². The molecular weight excluding hydrogens is 364 g/mol. The molecule has 2 aliphatic rings. The van der Waals surface area contributed by atoms with Crippen LogP contribution in [-0.2, 0) is 19.1 Å². The third kappa shape index (κ3) is 5.62. The number of nitriles is 1. The molecule has 2 rings (SSSR count). The number of carbonyl (C=O) groups is 3. The topological polar surface area (TPSA) is 103 Å². The van der Waals surface area contributed by atoms with Crippen molar-refractivity contribution in [2.45, 2.75) is 26.7 Å². The highest BCUT2D eigenvalue weighted by Gasteiger charge is 2.30. The molecule has 0 saturated carbocycles. The Morgan fingerprint density at radius 3 is 2.11 bits per heavy atom. The molecule has 0 atom stereocenters. The van der Waals surface area contributed by atoms with E-state index in [2.05, 4.69) is 0 Å². The summed E-state index contributed by atoms with van der Waals surface area (Å²) in [5.74, 6) is -0.725. The van der Waals surface area contributed by atoms with Gasteiger partial charge in [-0.1, -0.05) is 0 Å². The Kier molecular flexibility index (Phi) is 8.11. The second-order valence-electron chi connectivity index (χ2n) is 6.70. The van der Waals surface area contributed by atoms with Crippen LogP contribution >= 0.6 is 0 Å². The average molecular weight is 392 g/mol. The smallest absolute Gasteiger partial charge is 0.409 e. The van der Waals surface area contributed by atoms with Gasteiger partial charge in [0.1, 0.15) is 11.6 Å². The van der Waals surface area contributed by atoms with Gasteiger partial charge in [0.15, 0.2) is 0 Å². The highest BCUT2D eigenvalue weighted by atomic mass is 16.6. The Hall–Kier alpha value is -2.76. The van der Waals surface area contributed by atoms with E-state index < -0.39 is 0 Å². The number of piperazine rings is 1. The minimum absolute atomic E-state index is 0.0687. The summed E-state index contributed by atoms with van der Waals surface area (Å²) in [6.45, 7) is 7.09. The van der Waals surface area contributed by atoms with Gasteiger partial charge < -0.3 is 24.2 Å². The van der Waals surface area contributed by atoms with Crippen molar-refractivity contribution in [1.29, 1.82) is 5.26 Å². The van der Waals surface area contributed by atoms with Crippen molar-refractivity contribution in [1.82, 2.24) is 14.7 Å². The van der Waals surface area contributed by atoms with E-state index in [0.29, 0.717) is 65.3 Å². The van der Waals surface area contributed by atoms with Gasteiger partial charge >= 0.3 is 12.1 Å². The third-order valence-electron chi connectivity index (χ3n) is 4.90. The van der Waals surface area contributed by atoms with Crippen molar-refractivity contribution < 1.29 is 23.9 Å². The van der Waals surface area contributed by atoms with Crippen molar-refractivity contribution in [3.63, 3.8) is 0 Å². The van der Waals surface area contributed by atoms with Gasteiger partial charge in [0, 0.05) is 45.5 Å². The lowest BCUT2D eigenvalue weighted by atomic mass is 9.96. The predicted molar refractivity (Wildman–Crippen MR) is 99.8 cm³/mol. The third-order valence-corrected chi connectivity index (χ3v) is 4.90. The van der Waals surface area contributed by atoms with Gasteiger partial charge in [-0.25, -0.2) is 4.79 Å². The van der Waals surface area contributed by atoms with E-state index in [0.717, 1.165) is 0 Å². The number of amides is 2. The Morgan fingerprint density at radius 1 is 0.964 bits per heavy atom. The van der Waals surface area contributed by atoms with E-state index in [1.165, 1.54) is 0 Å². The van der Waals surface area contributed by atoms with Gasteiger partial charge in [0.05, 0.1) is 19.1 Å². The van der Waals surface area contributed by atoms with E-state index >= 15 is 0 Å². The largest absolute Gasteiger partial charge is 0.466 e. The first kappa shape index (κ1) is 21.5. The number of ether oxygens (including phenoxy) is 2. The highest BCUT2D eigenvalue weighted by Crippen LogP contribution is 2.20. The molecule has 2 heterocycles. The predicted octanol–water partition coefficient (Wildman–Crippen LogP) is 0.970. The standard InChI is InChI=1S/C19H28N4O5/c1-3-27-18(25)15-5-7-22(8-6-15)17(24)16(13-20)14-21-9-11-23(12-10-21)19(26)28-4-2/h14-15H,3-12H2,1-2H3/b16-14-. The maximum absolute atomic E-state index is 12.7. The van der Waals surface area contributed by atoms with E-state index in [9.17, 15) is 19.6 Å². The van der Waals surface area contributed by atoms with Crippen LogP contribution in [-0.4, -0.2) is 85.2 Å². The van der Waals surface area contributed by atoms with Crippen LogP contribution < -0.4 is 0 Å². The van der Waals surface area contributed by atoms with Crippen LogP contribution in [0.3, 0.4) is 0 Å². The quantitative estimate of drug-likeness (QED) is 0.390. The van der Waals surface area contributed by atoms with E-state index in [-0.39, 0.29) is 29.5 Å². The zero-order chi connectivity index (χ0) is 20.5. The van der Waals surface area contributed by atoms with Crippen LogP contribution in [0.1, 0.15) is 26.7 Å². The maximum Gasteiger partial charge on any atom is 0.409 e. The van der Waals surface area contributed by atoms with E-state index in [1.807, 2.05) is 11.0 Å². The summed E-state index contributed by atoms with van der Waals surface area (Å²) >= 11 is 0. The van der Waals surface area contributed by atoms with Gasteiger partial charge in [0.25, 0.3) is 5.91 Å². The maximum atomic E-state index is 12.7. The first-order valence-electron chi connectivity index (χ1n) is 9.73. The molecule has 0 aromatic rings. The number of nitrogens with zero attached hydrogens (tertiary/aromatic N) is 4. The van der Waals surface area contributed by atoms with Crippen LogP contribution in [0.5, 0.6) is 0 Å². The van der Waals surface area contributed by atoms with Crippen molar-refractivity contribution in [3.8, 4) is 6.07 Å². The molecule has 9 nitrogen and oxygen atoms in total. The van der Waals surface area contributed by atoms with Gasteiger partial charge in [0.2, 0.25) is 0 Å². The Balaban J connectivity index is 1.88. The van der Waals surface area contributed by atoms with Crippen LogP contribution in [0.4, 0.5) is 4.79 Å². The minimum Gasteiger partial charge on any atom is -0.466 e. The van der Waals surface area contributed by atoms with Gasteiger partial charge in [-0.15, -0.1) is 0 Å². The first-order chi connectivity index (χ1) is 13.5. The van der Waals surface area contributed by atoms with Crippen LogP contribution in [0.2, 0.25) is 0 Å².